The van der Waals surface area contributed by atoms with Crippen LogP contribution in [-0.2, 0) is 12.8 Å². The molecule has 126 valence electrons. The molecule has 3 rings (SSSR count). The molecule has 24 heavy (non-hydrogen) atoms. The van der Waals surface area contributed by atoms with Crippen LogP contribution in [0.4, 0.5) is 0 Å². The minimum atomic E-state index is -0.138. The minimum Gasteiger partial charge on any atom is -0.480 e. The smallest absolute Gasteiger partial charge is 0.270 e. The molecular weight excluding hydrogens is 370 g/mol. The Labute approximate surface area is 148 Å². The molecule has 2 N–H and O–H groups in total. The SMILES string of the molecule is COc1nc(CC(C)C)c(=O)[nH]c1Cc1c[nH]c2ccc(Br)cc12. The third-order valence-electron chi connectivity index (χ3n) is 3.91. The molecule has 0 amide bonds. The van der Waals surface area contributed by atoms with Gasteiger partial charge in [0, 0.05) is 28.0 Å². The van der Waals surface area contributed by atoms with E-state index < -0.39 is 0 Å². The number of nitrogens with one attached hydrogen (secondary N) is 2. The van der Waals surface area contributed by atoms with Crippen LogP contribution in [-0.4, -0.2) is 22.1 Å². The van der Waals surface area contributed by atoms with E-state index >= 15 is 0 Å². The Balaban J connectivity index is 2.01. The third kappa shape index (κ3) is 3.38. The Bertz CT molecular complexity index is 928. The number of fused-ring (bicyclic) bond motifs is 1. The molecule has 0 aliphatic heterocycles. The molecule has 0 saturated carbocycles. The molecule has 2 heterocycles. The lowest BCUT2D eigenvalue weighted by Gasteiger charge is -2.10. The van der Waals surface area contributed by atoms with Crippen LogP contribution in [0.2, 0.25) is 0 Å². The predicted molar refractivity (Wildman–Crippen MR) is 98.8 cm³/mol. The zero-order valence-electron chi connectivity index (χ0n) is 13.9. The number of hydrogen-bond acceptors (Lipinski definition) is 3. The molecule has 0 bridgehead atoms. The first-order chi connectivity index (χ1) is 11.5. The summed E-state index contributed by atoms with van der Waals surface area (Å²) in [6, 6.07) is 6.08. The topological polar surface area (TPSA) is 70.8 Å². The molecule has 6 heteroatoms. The lowest BCUT2D eigenvalue weighted by atomic mass is 10.1. The van der Waals surface area contributed by atoms with Gasteiger partial charge in [0.05, 0.1) is 12.8 Å². The van der Waals surface area contributed by atoms with Crippen molar-refractivity contribution in [1.82, 2.24) is 15.0 Å². The highest BCUT2D eigenvalue weighted by molar-refractivity contribution is 9.10. The van der Waals surface area contributed by atoms with Crippen molar-refractivity contribution in [3.63, 3.8) is 0 Å². The molecule has 3 aromatic rings. The van der Waals surface area contributed by atoms with E-state index in [1.165, 1.54) is 0 Å². The van der Waals surface area contributed by atoms with Gasteiger partial charge in [-0.2, -0.15) is 0 Å². The van der Waals surface area contributed by atoms with Crippen molar-refractivity contribution in [2.24, 2.45) is 5.92 Å². The molecule has 0 aliphatic rings. The van der Waals surface area contributed by atoms with E-state index in [1.54, 1.807) is 7.11 Å². The van der Waals surface area contributed by atoms with Gasteiger partial charge in [0.2, 0.25) is 5.88 Å². The van der Waals surface area contributed by atoms with Gasteiger partial charge >= 0.3 is 0 Å². The van der Waals surface area contributed by atoms with Crippen LogP contribution in [0.3, 0.4) is 0 Å². The van der Waals surface area contributed by atoms with E-state index in [-0.39, 0.29) is 5.56 Å². The van der Waals surface area contributed by atoms with Gasteiger partial charge in [-0.1, -0.05) is 29.8 Å². The lowest BCUT2D eigenvalue weighted by Crippen LogP contribution is -2.20. The molecule has 2 aromatic heterocycles. The number of H-pyrrole nitrogens is 2. The van der Waals surface area contributed by atoms with E-state index in [4.69, 9.17) is 4.74 Å². The summed E-state index contributed by atoms with van der Waals surface area (Å²) in [4.78, 5) is 22.9. The second-order valence-corrected chi connectivity index (χ2v) is 7.19. The number of hydrogen-bond donors (Lipinski definition) is 2. The van der Waals surface area contributed by atoms with Crippen molar-refractivity contribution >= 4 is 26.8 Å². The molecule has 0 saturated heterocycles. The summed E-state index contributed by atoms with van der Waals surface area (Å²) in [6.07, 6.45) is 3.13. The van der Waals surface area contributed by atoms with Crippen molar-refractivity contribution in [2.75, 3.05) is 7.11 Å². The number of aromatic amines is 2. The summed E-state index contributed by atoms with van der Waals surface area (Å²) in [6.45, 7) is 4.12. The van der Waals surface area contributed by atoms with Gasteiger partial charge < -0.3 is 14.7 Å². The summed E-state index contributed by atoms with van der Waals surface area (Å²) in [7, 11) is 1.58. The van der Waals surface area contributed by atoms with Crippen LogP contribution in [0, 0.1) is 5.92 Å². The number of benzene rings is 1. The molecule has 1 aromatic carbocycles. The second-order valence-electron chi connectivity index (χ2n) is 6.28. The zero-order chi connectivity index (χ0) is 17.3. The first-order valence-electron chi connectivity index (χ1n) is 7.89. The lowest BCUT2D eigenvalue weighted by molar-refractivity contribution is 0.386. The fourth-order valence-electron chi connectivity index (χ4n) is 2.80. The van der Waals surface area contributed by atoms with Crippen molar-refractivity contribution in [1.29, 1.82) is 0 Å². The highest BCUT2D eigenvalue weighted by atomic mass is 79.9. The maximum atomic E-state index is 12.3. The summed E-state index contributed by atoms with van der Waals surface area (Å²) >= 11 is 3.50. The number of nitrogens with zero attached hydrogens (tertiary/aromatic N) is 1. The summed E-state index contributed by atoms with van der Waals surface area (Å²) in [5.41, 5.74) is 3.21. The van der Waals surface area contributed by atoms with Crippen LogP contribution < -0.4 is 10.3 Å². The average molecular weight is 390 g/mol. The standard InChI is InChI=1S/C18H20BrN3O2/c1-10(2)6-15-17(23)21-16(18(22-15)24-3)7-11-9-20-14-5-4-12(19)8-13(11)14/h4-5,8-10,20H,6-7H2,1-3H3,(H,21,23). The summed E-state index contributed by atoms with van der Waals surface area (Å²) in [5, 5.41) is 1.11. The minimum absolute atomic E-state index is 0.138. The fourth-order valence-corrected chi connectivity index (χ4v) is 3.17. The molecule has 0 radical (unpaired) electrons. The maximum Gasteiger partial charge on any atom is 0.270 e. The number of aromatic nitrogens is 3. The first kappa shape index (κ1) is 16.8. The molecule has 0 spiro atoms. The largest absolute Gasteiger partial charge is 0.480 e. The normalized spacial score (nSPS) is 11.4. The van der Waals surface area contributed by atoms with Crippen LogP contribution >= 0.6 is 15.9 Å². The van der Waals surface area contributed by atoms with Gasteiger partial charge in [0.1, 0.15) is 5.69 Å². The van der Waals surface area contributed by atoms with E-state index in [1.807, 2.05) is 18.3 Å². The van der Waals surface area contributed by atoms with Gasteiger partial charge in [-0.15, -0.1) is 0 Å². The fraction of sp³-hybridized carbons (Fsp3) is 0.333. The second kappa shape index (κ2) is 6.81. The Kier molecular flexibility index (Phi) is 4.76. The Morgan fingerprint density at radius 3 is 2.83 bits per heavy atom. The molecular formula is C18H20BrN3O2. The molecule has 0 atom stereocenters. The van der Waals surface area contributed by atoms with Gasteiger partial charge in [-0.05, 0) is 36.1 Å². The molecule has 0 aliphatic carbocycles. The van der Waals surface area contributed by atoms with Crippen LogP contribution in [0.15, 0.2) is 33.7 Å². The number of rotatable bonds is 5. The summed E-state index contributed by atoms with van der Waals surface area (Å²) in [5.74, 6) is 0.842. The third-order valence-corrected chi connectivity index (χ3v) is 4.41. The molecule has 0 unspecified atom stereocenters. The summed E-state index contributed by atoms with van der Waals surface area (Å²) < 4.78 is 6.42. The van der Waals surface area contributed by atoms with E-state index in [9.17, 15) is 4.79 Å². The van der Waals surface area contributed by atoms with E-state index in [0.29, 0.717) is 36.0 Å². The Morgan fingerprint density at radius 1 is 1.33 bits per heavy atom. The van der Waals surface area contributed by atoms with Crippen molar-refractivity contribution in [3.05, 3.63) is 56.2 Å². The van der Waals surface area contributed by atoms with Gasteiger partial charge in [-0.25, -0.2) is 4.98 Å². The number of ether oxygens (including phenoxy) is 1. The number of halogens is 1. The van der Waals surface area contributed by atoms with Crippen molar-refractivity contribution in [3.8, 4) is 5.88 Å². The zero-order valence-corrected chi connectivity index (χ0v) is 15.5. The highest BCUT2D eigenvalue weighted by Gasteiger charge is 2.14. The van der Waals surface area contributed by atoms with E-state index in [2.05, 4.69) is 50.8 Å². The quantitative estimate of drug-likeness (QED) is 0.696. The Hall–Kier alpha value is -2.08. The van der Waals surface area contributed by atoms with Crippen LogP contribution in [0.25, 0.3) is 10.9 Å². The van der Waals surface area contributed by atoms with Crippen molar-refractivity contribution in [2.45, 2.75) is 26.7 Å². The molecule has 5 nitrogen and oxygen atoms in total. The van der Waals surface area contributed by atoms with Crippen molar-refractivity contribution < 1.29 is 4.74 Å². The predicted octanol–water partition coefficient (Wildman–Crippen LogP) is 3.81. The van der Waals surface area contributed by atoms with Gasteiger partial charge in [-0.3, -0.25) is 4.79 Å². The van der Waals surface area contributed by atoms with E-state index in [0.717, 1.165) is 20.9 Å². The highest BCUT2D eigenvalue weighted by Crippen LogP contribution is 2.26. The molecule has 0 fully saturated rings. The first-order valence-corrected chi connectivity index (χ1v) is 8.68. The van der Waals surface area contributed by atoms with Gasteiger partial charge in [0.15, 0.2) is 0 Å². The Morgan fingerprint density at radius 2 is 2.12 bits per heavy atom. The average Bonchev–Trinajstić information content (AvgIpc) is 2.92. The monoisotopic (exact) mass is 389 g/mol. The number of methoxy groups -OCH3 is 1. The van der Waals surface area contributed by atoms with Crippen LogP contribution in [0.1, 0.15) is 30.8 Å². The van der Waals surface area contributed by atoms with Gasteiger partial charge in [0.25, 0.3) is 5.56 Å². The van der Waals surface area contributed by atoms with Crippen LogP contribution in [0.5, 0.6) is 5.88 Å². The maximum absolute atomic E-state index is 12.3.